The second-order valence-corrected chi connectivity index (χ2v) is 3.34. The molecule has 0 aliphatic carbocycles. The number of phenols is 1. The number of nitrogens with zero attached hydrogens (tertiary/aromatic N) is 1. The van der Waals surface area contributed by atoms with Gasteiger partial charge in [-0.25, -0.2) is 0 Å². The fourth-order valence-electron chi connectivity index (χ4n) is 1.44. The van der Waals surface area contributed by atoms with Crippen LogP contribution in [0.15, 0.2) is 24.3 Å². The molecule has 0 aliphatic rings. The molecule has 1 rings (SSSR count). The van der Waals surface area contributed by atoms with E-state index in [1.165, 1.54) is 0 Å². The van der Waals surface area contributed by atoms with Crippen molar-refractivity contribution in [1.29, 1.82) is 0 Å². The number of rotatable bonds is 5. The van der Waals surface area contributed by atoms with Gasteiger partial charge in [-0.05, 0) is 26.0 Å². The first-order chi connectivity index (χ1) is 7.67. The molecule has 0 amide bonds. The molecule has 4 nitrogen and oxygen atoms in total. The molecular formula is C12H17NO3. The van der Waals surface area contributed by atoms with Crippen LogP contribution in [0.1, 0.15) is 13.8 Å². The molecule has 16 heavy (non-hydrogen) atoms. The lowest BCUT2D eigenvalue weighted by atomic mass is 10.2. The van der Waals surface area contributed by atoms with Crippen molar-refractivity contribution in [1.82, 2.24) is 0 Å². The Morgan fingerprint density at radius 1 is 1.44 bits per heavy atom. The molecule has 0 unspecified atom stereocenters. The lowest BCUT2D eigenvalue weighted by Crippen LogP contribution is -2.30. The van der Waals surface area contributed by atoms with Crippen molar-refractivity contribution < 1.29 is 14.6 Å². The number of esters is 1. The van der Waals surface area contributed by atoms with Crippen molar-refractivity contribution in [3.05, 3.63) is 24.3 Å². The summed E-state index contributed by atoms with van der Waals surface area (Å²) in [5.41, 5.74) is 0.815. The van der Waals surface area contributed by atoms with Gasteiger partial charge < -0.3 is 14.7 Å². The van der Waals surface area contributed by atoms with Crippen LogP contribution >= 0.6 is 0 Å². The van der Waals surface area contributed by atoms with Gasteiger partial charge in [-0.1, -0.05) is 6.07 Å². The number of hydrogen-bond acceptors (Lipinski definition) is 4. The molecule has 0 heterocycles. The highest BCUT2D eigenvalue weighted by atomic mass is 16.5. The summed E-state index contributed by atoms with van der Waals surface area (Å²) in [5.74, 6) is -0.0625. The van der Waals surface area contributed by atoms with Gasteiger partial charge in [0.15, 0.2) is 0 Å². The summed E-state index contributed by atoms with van der Waals surface area (Å²) < 4.78 is 4.88. The Kier molecular flexibility index (Phi) is 4.64. The predicted molar refractivity (Wildman–Crippen MR) is 62.6 cm³/mol. The van der Waals surface area contributed by atoms with Crippen LogP contribution in [0.5, 0.6) is 5.75 Å². The van der Waals surface area contributed by atoms with Crippen molar-refractivity contribution in [2.75, 3.05) is 24.6 Å². The van der Waals surface area contributed by atoms with E-state index in [9.17, 15) is 9.90 Å². The number of benzene rings is 1. The lowest BCUT2D eigenvalue weighted by molar-refractivity contribution is -0.141. The molecule has 0 aliphatic heterocycles. The molecule has 1 aromatic rings. The van der Waals surface area contributed by atoms with Crippen LogP contribution in [0.3, 0.4) is 0 Å². The molecule has 0 atom stereocenters. The van der Waals surface area contributed by atoms with Crippen LogP contribution in [0.2, 0.25) is 0 Å². The third kappa shape index (κ3) is 3.46. The molecule has 4 heteroatoms. The highest BCUT2D eigenvalue weighted by molar-refractivity contribution is 5.76. The quantitative estimate of drug-likeness (QED) is 0.773. The Morgan fingerprint density at radius 2 is 2.19 bits per heavy atom. The Balaban J connectivity index is 2.70. The lowest BCUT2D eigenvalue weighted by Gasteiger charge is -2.21. The van der Waals surface area contributed by atoms with E-state index >= 15 is 0 Å². The fourth-order valence-corrected chi connectivity index (χ4v) is 1.44. The Hall–Kier alpha value is -1.71. The van der Waals surface area contributed by atoms with Gasteiger partial charge in [0.1, 0.15) is 12.3 Å². The maximum absolute atomic E-state index is 11.3. The third-order valence-electron chi connectivity index (χ3n) is 2.20. The van der Waals surface area contributed by atoms with E-state index in [0.29, 0.717) is 13.2 Å². The zero-order valence-electron chi connectivity index (χ0n) is 9.64. The monoisotopic (exact) mass is 223 g/mol. The van der Waals surface area contributed by atoms with Crippen LogP contribution < -0.4 is 4.90 Å². The predicted octanol–water partition coefficient (Wildman–Crippen LogP) is 1.78. The highest BCUT2D eigenvalue weighted by Gasteiger charge is 2.10. The third-order valence-corrected chi connectivity index (χ3v) is 2.20. The standard InChI is InChI=1S/C12H17NO3/c1-3-13(9-12(15)16-4-2)10-6-5-7-11(14)8-10/h5-8,14H,3-4,9H2,1-2H3. The zero-order chi connectivity index (χ0) is 12.0. The highest BCUT2D eigenvalue weighted by Crippen LogP contribution is 2.19. The molecule has 0 fully saturated rings. The van der Waals surface area contributed by atoms with Gasteiger partial charge in [0, 0.05) is 18.3 Å². The number of phenolic OH excluding ortho intramolecular Hbond substituents is 1. The number of carbonyl (C=O) groups is 1. The number of anilines is 1. The van der Waals surface area contributed by atoms with Crippen LogP contribution in [-0.4, -0.2) is 30.8 Å². The first-order valence-corrected chi connectivity index (χ1v) is 5.37. The van der Waals surface area contributed by atoms with E-state index in [1.807, 2.05) is 17.9 Å². The Labute approximate surface area is 95.5 Å². The van der Waals surface area contributed by atoms with E-state index in [4.69, 9.17) is 4.74 Å². The first-order valence-electron chi connectivity index (χ1n) is 5.37. The van der Waals surface area contributed by atoms with E-state index in [1.54, 1.807) is 25.1 Å². The molecule has 0 radical (unpaired) electrons. The molecule has 0 saturated heterocycles. The molecule has 0 saturated carbocycles. The molecular weight excluding hydrogens is 206 g/mol. The Bertz CT molecular complexity index is 352. The summed E-state index contributed by atoms with van der Waals surface area (Å²) in [6, 6.07) is 6.82. The minimum atomic E-state index is -0.257. The molecule has 0 spiro atoms. The van der Waals surface area contributed by atoms with Gasteiger partial charge in [-0.3, -0.25) is 4.79 Å². The van der Waals surface area contributed by atoms with Crippen LogP contribution in [0.4, 0.5) is 5.69 Å². The van der Waals surface area contributed by atoms with Crippen LogP contribution in [0.25, 0.3) is 0 Å². The minimum absolute atomic E-state index is 0.194. The largest absolute Gasteiger partial charge is 0.508 e. The molecule has 1 N–H and O–H groups in total. The smallest absolute Gasteiger partial charge is 0.325 e. The maximum Gasteiger partial charge on any atom is 0.325 e. The summed E-state index contributed by atoms with van der Waals surface area (Å²) in [6.07, 6.45) is 0. The van der Waals surface area contributed by atoms with E-state index in [2.05, 4.69) is 0 Å². The second-order valence-electron chi connectivity index (χ2n) is 3.34. The average molecular weight is 223 g/mol. The minimum Gasteiger partial charge on any atom is -0.508 e. The summed E-state index contributed by atoms with van der Waals surface area (Å²) in [7, 11) is 0. The van der Waals surface area contributed by atoms with Crippen molar-refractivity contribution in [2.45, 2.75) is 13.8 Å². The zero-order valence-corrected chi connectivity index (χ0v) is 9.64. The summed E-state index contributed by atoms with van der Waals surface area (Å²) in [6.45, 7) is 5.00. The molecule has 1 aromatic carbocycles. The van der Waals surface area contributed by atoms with Crippen molar-refractivity contribution in [3.8, 4) is 5.75 Å². The molecule has 88 valence electrons. The molecule has 0 aromatic heterocycles. The van der Waals surface area contributed by atoms with E-state index < -0.39 is 0 Å². The van der Waals surface area contributed by atoms with Crippen LogP contribution in [0, 0.1) is 0 Å². The van der Waals surface area contributed by atoms with Gasteiger partial charge in [-0.2, -0.15) is 0 Å². The van der Waals surface area contributed by atoms with Gasteiger partial charge in [0.25, 0.3) is 0 Å². The first kappa shape index (κ1) is 12.4. The number of carbonyl (C=O) groups excluding carboxylic acids is 1. The topological polar surface area (TPSA) is 49.8 Å². The normalized spacial score (nSPS) is 9.88. The number of likely N-dealkylation sites (N-methyl/N-ethyl adjacent to an activating group) is 1. The van der Waals surface area contributed by atoms with Crippen LogP contribution in [-0.2, 0) is 9.53 Å². The molecule has 0 bridgehead atoms. The summed E-state index contributed by atoms with van der Waals surface area (Å²) in [5, 5.41) is 9.35. The summed E-state index contributed by atoms with van der Waals surface area (Å²) in [4.78, 5) is 13.2. The van der Waals surface area contributed by atoms with E-state index in [0.717, 1.165) is 5.69 Å². The number of hydrogen-bond donors (Lipinski definition) is 1. The summed E-state index contributed by atoms with van der Waals surface area (Å²) >= 11 is 0. The van der Waals surface area contributed by atoms with Crippen molar-refractivity contribution in [3.63, 3.8) is 0 Å². The van der Waals surface area contributed by atoms with E-state index in [-0.39, 0.29) is 18.3 Å². The van der Waals surface area contributed by atoms with Gasteiger partial charge >= 0.3 is 5.97 Å². The maximum atomic E-state index is 11.3. The SMILES string of the molecule is CCOC(=O)CN(CC)c1cccc(O)c1. The van der Waals surface area contributed by atoms with Gasteiger partial charge in [0.2, 0.25) is 0 Å². The number of aromatic hydroxyl groups is 1. The Morgan fingerprint density at radius 3 is 2.75 bits per heavy atom. The van der Waals surface area contributed by atoms with Crippen molar-refractivity contribution >= 4 is 11.7 Å². The second kappa shape index (κ2) is 6.00. The fraction of sp³-hybridized carbons (Fsp3) is 0.417. The van der Waals surface area contributed by atoms with Gasteiger partial charge in [0.05, 0.1) is 6.61 Å². The van der Waals surface area contributed by atoms with Crippen molar-refractivity contribution in [2.24, 2.45) is 0 Å². The van der Waals surface area contributed by atoms with Gasteiger partial charge in [-0.15, -0.1) is 0 Å². The average Bonchev–Trinajstić information content (AvgIpc) is 2.26. The number of ether oxygens (including phenoxy) is 1.